The minimum absolute atomic E-state index is 0. The Morgan fingerprint density at radius 2 is 1.53 bits per heavy atom. The van der Waals surface area contributed by atoms with E-state index in [1.807, 2.05) is 31.3 Å². The van der Waals surface area contributed by atoms with Crippen molar-refractivity contribution in [3.05, 3.63) is 48.0 Å². The van der Waals surface area contributed by atoms with Crippen LogP contribution in [0.4, 0.5) is 0 Å². The highest BCUT2D eigenvalue weighted by atomic mass is 35.5. The van der Waals surface area contributed by atoms with Gasteiger partial charge in [0.25, 0.3) is 0 Å². The molecular formula is C23H33ClN2O3S. The second-order valence-corrected chi connectivity index (χ2v) is 9.99. The molecule has 0 radical (unpaired) electrons. The molecule has 0 amide bonds. The summed E-state index contributed by atoms with van der Waals surface area (Å²) in [5.41, 5.74) is 3.16. The number of nitrogens with one attached hydrogen (secondary N) is 2. The maximum absolute atomic E-state index is 11.7. The Hall–Kier alpha value is -1.60. The fourth-order valence-corrected chi connectivity index (χ4v) is 4.77. The van der Waals surface area contributed by atoms with Crippen LogP contribution in [0.25, 0.3) is 11.1 Å². The quantitative estimate of drug-likeness (QED) is 0.652. The van der Waals surface area contributed by atoms with Gasteiger partial charge in [0.15, 0.2) is 9.84 Å². The van der Waals surface area contributed by atoms with Gasteiger partial charge in [-0.3, -0.25) is 0 Å². The highest BCUT2D eigenvalue weighted by molar-refractivity contribution is 7.90. The molecule has 5 nitrogen and oxygen atoms in total. The molecule has 1 atom stereocenters. The summed E-state index contributed by atoms with van der Waals surface area (Å²) in [5.74, 6) is 0.866. The van der Waals surface area contributed by atoms with Gasteiger partial charge in [-0.15, -0.1) is 12.4 Å². The SMILES string of the molecule is CNC1CCC(NC(C)c2cc(-c3ccc(S(C)(=O)=O)cc3)ccc2OC)CC1.Cl. The first-order valence-electron chi connectivity index (χ1n) is 10.2. The van der Waals surface area contributed by atoms with Crippen LogP contribution in [0.1, 0.15) is 44.2 Å². The highest BCUT2D eigenvalue weighted by Gasteiger charge is 2.23. The minimum atomic E-state index is -3.19. The minimum Gasteiger partial charge on any atom is -0.496 e. The smallest absolute Gasteiger partial charge is 0.175 e. The van der Waals surface area contributed by atoms with E-state index in [0.29, 0.717) is 17.0 Å². The first-order valence-corrected chi connectivity index (χ1v) is 12.1. The van der Waals surface area contributed by atoms with Gasteiger partial charge in [0.2, 0.25) is 0 Å². The van der Waals surface area contributed by atoms with Crippen LogP contribution in [0.15, 0.2) is 47.4 Å². The van der Waals surface area contributed by atoms with Gasteiger partial charge in [0.1, 0.15) is 5.75 Å². The van der Waals surface area contributed by atoms with Crippen LogP contribution >= 0.6 is 12.4 Å². The molecule has 30 heavy (non-hydrogen) atoms. The number of sulfone groups is 1. The Labute approximate surface area is 186 Å². The third-order valence-electron chi connectivity index (χ3n) is 5.93. The molecule has 2 aromatic rings. The lowest BCUT2D eigenvalue weighted by Crippen LogP contribution is -2.39. The maximum atomic E-state index is 11.7. The van der Waals surface area contributed by atoms with Crippen LogP contribution in [0.5, 0.6) is 5.75 Å². The fraction of sp³-hybridized carbons (Fsp3) is 0.478. The predicted octanol–water partition coefficient (Wildman–Crippen LogP) is 4.37. The van der Waals surface area contributed by atoms with Gasteiger partial charge in [-0.1, -0.05) is 18.2 Å². The van der Waals surface area contributed by atoms with Gasteiger partial charge < -0.3 is 15.4 Å². The van der Waals surface area contributed by atoms with Gasteiger partial charge in [-0.25, -0.2) is 8.42 Å². The van der Waals surface area contributed by atoms with Crippen molar-refractivity contribution < 1.29 is 13.2 Å². The van der Waals surface area contributed by atoms with E-state index in [0.717, 1.165) is 22.4 Å². The maximum Gasteiger partial charge on any atom is 0.175 e. The van der Waals surface area contributed by atoms with Crippen LogP contribution in [-0.4, -0.2) is 40.9 Å². The van der Waals surface area contributed by atoms with Crippen LogP contribution in [0.3, 0.4) is 0 Å². The molecule has 0 spiro atoms. The van der Waals surface area contributed by atoms with Crippen LogP contribution < -0.4 is 15.4 Å². The Morgan fingerprint density at radius 1 is 0.967 bits per heavy atom. The zero-order valence-electron chi connectivity index (χ0n) is 18.1. The second-order valence-electron chi connectivity index (χ2n) is 7.98. The summed E-state index contributed by atoms with van der Waals surface area (Å²) in [6, 6.07) is 14.5. The van der Waals surface area contributed by atoms with Crippen LogP contribution in [0.2, 0.25) is 0 Å². The molecule has 0 heterocycles. The first kappa shape index (κ1) is 24.7. The first-order chi connectivity index (χ1) is 13.8. The molecule has 3 rings (SSSR count). The standard InChI is InChI=1S/C23H32N2O3S.ClH/c1-16(25-20-10-8-19(24-2)9-11-20)22-15-18(7-14-23(22)28-3)17-5-12-21(13-6-17)29(4,26)27;/h5-7,12-16,19-20,24-25H,8-11H2,1-4H3;1H. The van der Waals surface area contributed by atoms with Crippen LogP contribution in [-0.2, 0) is 9.84 Å². The number of hydrogen-bond donors (Lipinski definition) is 2. The molecule has 1 aliphatic rings. The van der Waals surface area contributed by atoms with E-state index in [2.05, 4.69) is 23.6 Å². The molecule has 0 bridgehead atoms. The fourth-order valence-electron chi connectivity index (χ4n) is 4.14. The third-order valence-corrected chi connectivity index (χ3v) is 7.06. The topological polar surface area (TPSA) is 67.4 Å². The normalized spacial score (nSPS) is 20.3. The lowest BCUT2D eigenvalue weighted by molar-refractivity contribution is 0.299. The molecule has 1 saturated carbocycles. The van der Waals surface area contributed by atoms with E-state index < -0.39 is 9.84 Å². The molecule has 2 N–H and O–H groups in total. The molecule has 166 valence electrons. The summed E-state index contributed by atoms with van der Waals surface area (Å²) in [6.45, 7) is 2.18. The zero-order chi connectivity index (χ0) is 21.0. The average molecular weight is 453 g/mol. The Balaban J connectivity index is 0.00000320. The van der Waals surface area contributed by atoms with Crippen molar-refractivity contribution in [2.75, 3.05) is 20.4 Å². The molecule has 0 aromatic heterocycles. The van der Waals surface area contributed by atoms with E-state index >= 15 is 0 Å². The molecule has 2 aromatic carbocycles. The third kappa shape index (κ3) is 5.97. The van der Waals surface area contributed by atoms with Gasteiger partial charge in [0, 0.05) is 29.9 Å². The van der Waals surface area contributed by atoms with Crippen molar-refractivity contribution in [2.45, 2.75) is 55.6 Å². The summed E-state index contributed by atoms with van der Waals surface area (Å²) in [7, 11) is 0.549. The van der Waals surface area contributed by atoms with Crippen molar-refractivity contribution in [2.24, 2.45) is 0 Å². The lowest BCUT2D eigenvalue weighted by Gasteiger charge is -2.31. The largest absolute Gasteiger partial charge is 0.496 e. The Morgan fingerprint density at radius 3 is 2.07 bits per heavy atom. The van der Waals surface area contributed by atoms with Crippen molar-refractivity contribution in [3.8, 4) is 16.9 Å². The summed E-state index contributed by atoms with van der Waals surface area (Å²) in [6.07, 6.45) is 5.97. The second kappa shape index (κ2) is 10.6. The summed E-state index contributed by atoms with van der Waals surface area (Å²) >= 11 is 0. The molecule has 0 aliphatic heterocycles. The van der Waals surface area contributed by atoms with Crippen molar-refractivity contribution >= 4 is 22.2 Å². The van der Waals surface area contributed by atoms with E-state index in [1.54, 1.807) is 19.2 Å². The summed E-state index contributed by atoms with van der Waals surface area (Å²) in [5, 5.41) is 7.16. The van der Waals surface area contributed by atoms with Crippen LogP contribution in [0, 0.1) is 0 Å². The average Bonchev–Trinajstić information content (AvgIpc) is 2.73. The molecular weight excluding hydrogens is 420 g/mol. The predicted molar refractivity (Wildman–Crippen MR) is 125 cm³/mol. The van der Waals surface area contributed by atoms with Gasteiger partial charge in [-0.2, -0.15) is 0 Å². The molecule has 1 aliphatic carbocycles. The van der Waals surface area contributed by atoms with E-state index in [1.165, 1.54) is 31.9 Å². The summed E-state index contributed by atoms with van der Waals surface area (Å²) < 4.78 is 29.0. The Kier molecular flexibility index (Phi) is 8.73. The number of hydrogen-bond acceptors (Lipinski definition) is 5. The van der Waals surface area contributed by atoms with Crippen molar-refractivity contribution in [3.63, 3.8) is 0 Å². The molecule has 0 saturated heterocycles. The number of methoxy groups -OCH3 is 1. The molecule has 1 fully saturated rings. The lowest BCUT2D eigenvalue weighted by atomic mass is 9.90. The molecule has 7 heteroatoms. The summed E-state index contributed by atoms with van der Waals surface area (Å²) in [4.78, 5) is 0.335. The van der Waals surface area contributed by atoms with Gasteiger partial charge in [0.05, 0.1) is 12.0 Å². The van der Waals surface area contributed by atoms with E-state index in [9.17, 15) is 8.42 Å². The number of ether oxygens (including phenoxy) is 1. The molecule has 1 unspecified atom stereocenters. The Bertz CT molecular complexity index is 924. The highest BCUT2D eigenvalue weighted by Crippen LogP contribution is 2.32. The van der Waals surface area contributed by atoms with Gasteiger partial charge >= 0.3 is 0 Å². The van der Waals surface area contributed by atoms with Gasteiger partial charge in [-0.05, 0) is 75.0 Å². The monoisotopic (exact) mass is 452 g/mol. The number of benzene rings is 2. The number of rotatable bonds is 7. The van der Waals surface area contributed by atoms with E-state index in [-0.39, 0.29) is 18.4 Å². The van der Waals surface area contributed by atoms with Crippen molar-refractivity contribution in [1.82, 2.24) is 10.6 Å². The van der Waals surface area contributed by atoms with E-state index in [4.69, 9.17) is 4.74 Å². The van der Waals surface area contributed by atoms with Crippen molar-refractivity contribution in [1.29, 1.82) is 0 Å². The zero-order valence-corrected chi connectivity index (χ0v) is 19.8. The number of halogens is 1.